The standard InChI is InChI=1S/C16H29N3O2/c1-2-21-16(20)15(17-13-6-7-13)12-18-8-4-10-19-9-3-5-14(19)11-18/h13-15,17H,2-12H2,1H3. The Morgan fingerprint density at radius 1 is 1.24 bits per heavy atom. The molecule has 3 rings (SSSR count). The van der Waals surface area contributed by atoms with Gasteiger partial charge in [0.25, 0.3) is 0 Å². The zero-order valence-corrected chi connectivity index (χ0v) is 13.2. The third kappa shape index (κ3) is 4.18. The number of rotatable bonds is 6. The molecule has 3 aliphatic rings. The molecule has 21 heavy (non-hydrogen) atoms. The maximum absolute atomic E-state index is 12.2. The maximum atomic E-state index is 12.2. The van der Waals surface area contributed by atoms with E-state index in [2.05, 4.69) is 15.1 Å². The predicted octanol–water partition coefficient (Wildman–Crippen LogP) is 0.840. The Bertz CT molecular complexity index is 359. The molecule has 2 aliphatic heterocycles. The predicted molar refractivity (Wildman–Crippen MR) is 82.2 cm³/mol. The second-order valence-corrected chi connectivity index (χ2v) is 6.69. The van der Waals surface area contributed by atoms with Gasteiger partial charge in [-0.1, -0.05) is 0 Å². The molecule has 2 heterocycles. The van der Waals surface area contributed by atoms with Crippen LogP contribution in [0.25, 0.3) is 0 Å². The first-order valence-corrected chi connectivity index (χ1v) is 8.65. The highest BCUT2D eigenvalue weighted by Gasteiger charge is 2.33. The van der Waals surface area contributed by atoms with E-state index in [1.807, 2.05) is 6.92 Å². The van der Waals surface area contributed by atoms with E-state index >= 15 is 0 Å². The van der Waals surface area contributed by atoms with Crippen LogP contribution in [-0.2, 0) is 9.53 Å². The number of fused-ring (bicyclic) bond motifs is 1. The molecule has 2 atom stereocenters. The summed E-state index contributed by atoms with van der Waals surface area (Å²) in [6.45, 7) is 7.87. The Balaban J connectivity index is 1.56. The van der Waals surface area contributed by atoms with Gasteiger partial charge in [0.2, 0.25) is 0 Å². The van der Waals surface area contributed by atoms with Crippen molar-refractivity contribution in [3.63, 3.8) is 0 Å². The number of ether oxygens (including phenoxy) is 1. The molecule has 5 nitrogen and oxygen atoms in total. The van der Waals surface area contributed by atoms with Crippen LogP contribution in [0.4, 0.5) is 0 Å². The fraction of sp³-hybridized carbons (Fsp3) is 0.938. The van der Waals surface area contributed by atoms with Crippen molar-refractivity contribution in [2.24, 2.45) is 0 Å². The fourth-order valence-corrected chi connectivity index (χ4v) is 3.68. The third-order valence-corrected chi connectivity index (χ3v) is 4.91. The van der Waals surface area contributed by atoms with Crippen molar-refractivity contribution >= 4 is 5.97 Å². The van der Waals surface area contributed by atoms with Gasteiger partial charge in [-0.15, -0.1) is 0 Å². The van der Waals surface area contributed by atoms with Gasteiger partial charge in [-0.3, -0.25) is 14.6 Å². The summed E-state index contributed by atoms with van der Waals surface area (Å²) in [6.07, 6.45) is 6.27. The average molecular weight is 295 g/mol. The van der Waals surface area contributed by atoms with E-state index in [9.17, 15) is 4.79 Å². The molecule has 2 unspecified atom stereocenters. The Morgan fingerprint density at radius 3 is 2.81 bits per heavy atom. The number of esters is 1. The van der Waals surface area contributed by atoms with Crippen LogP contribution in [-0.4, -0.2) is 73.2 Å². The number of hydrogen-bond donors (Lipinski definition) is 1. The molecule has 0 aromatic heterocycles. The quantitative estimate of drug-likeness (QED) is 0.736. The second kappa shape index (κ2) is 7.07. The summed E-state index contributed by atoms with van der Waals surface area (Å²) in [4.78, 5) is 17.3. The number of nitrogens with zero attached hydrogens (tertiary/aromatic N) is 2. The zero-order chi connectivity index (χ0) is 14.7. The zero-order valence-electron chi connectivity index (χ0n) is 13.2. The Labute approximate surface area is 128 Å². The van der Waals surface area contributed by atoms with Crippen molar-refractivity contribution < 1.29 is 9.53 Å². The van der Waals surface area contributed by atoms with Crippen LogP contribution in [0.2, 0.25) is 0 Å². The Kier molecular flexibility index (Phi) is 5.14. The lowest BCUT2D eigenvalue weighted by Gasteiger charge is -2.28. The van der Waals surface area contributed by atoms with Crippen LogP contribution >= 0.6 is 0 Å². The monoisotopic (exact) mass is 295 g/mol. The molecule has 0 radical (unpaired) electrons. The van der Waals surface area contributed by atoms with E-state index in [-0.39, 0.29) is 12.0 Å². The van der Waals surface area contributed by atoms with E-state index in [4.69, 9.17) is 4.74 Å². The summed E-state index contributed by atoms with van der Waals surface area (Å²) < 4.78 is 5.25. The van der Waals surface area contributed by atoms with Gasteiger partial charge in [-0.05, 0) is 58.7 Å². The molecule has 0 amide bonds. The normalized spacial score (nSPS) is 28.9. The topological polar surface area (TPSA) is 44.8 Å². The minimum Gasteiger partial charge on any atom is -0.465 e. The van der Waals surface area contributed by atoms with Gasteiger partial charge >= 0.3 is 5.97 Å². The summed E-state index contributed by atoms with van der Waals surface area (Å²) >= 11 is 0. The lowest BCUT2D eigenvalue weighted by Crippen LogP contribution is -2.49. The summed E-state index contributed by atoms with van der Waals surface area (Å²) in [5, 5.41) is 3.47. The van der Waals surface area contributed by atoms with Crippen molar-refractivity contribution in [1.82, 2.24) is 15.1 Å². The lowest BCUT2D eigenvalue weighted by molar-refractivity contribution is -0.146. The first-order chi connectivity index (χ1) is 10.3. The molecule has 1 aliphatic carbocycles. The molecule has 0 aromatic rings. The van der Waals surface area contributed by atoms with Crippen LogP contribution in [0.1, 0.15) is 39.0 Å². The van der Waals surface area contributed by atoms with Crippen molar-refractivity contribution in [2.45, 2.75) is 57.2 Å². The van der Waals surface area contributed by atoms with Crippen molar-refractivity contribution in [3.8, 4) is 0 Å². The van der Waals surface area contributed by atoms with Crippen molar-refractivity contribution in [2.75, 3.05) is 39.3 Å². The third-order valence-electron chi connectivity index (χ3n) is 4.91. The molecule has 0 aromatic carbocycles. The van der Waals surface area contributed by atoms with E-state index < -0.39 is 0 Å². The summed E-state index contributed by atoms with van der Waals surface area (Å²) in [5.74, 6) is -0.0723. The fourth-order valence-electron chi connectivity index (χ4n) is 3.68. The van der Waals surface area contributed by atoms with Gasteiger partial charge in [0.05, 0.1) is 6.61 Å². The minimum atomic E-state index is -0.148. The highest BCUT2D eigenvalue weighted by atomic mass is 16.5. The van der Waals surface area contributed by atoms with Gasteiger partial charge in [-0.25, -0.2) is 0 Å². The van der Waals surface area contributed by atoms with E-state index in [0.29, 0.717) is 18.7 Å². The molecule has 1 N–H and O–H groups in total. The molecular formula is C16H29N3O2. The Morgan fingerprint density at radius 2 is 2.05 bits per heavy atom. The van der Waals surface area contributed by atoms with Gasteiger partial charge < -0.3 is 10.1 Å². The Hall–Kier alpha value is -0.650. The second-order valence-electron chi connectivity index (χ2n) is 6.69. The molecule has 0 spiro atoms. The maximum Gasteiger partial charge on any atom is 0.324 e. The number of hydrogen-bond acceptors (Lipinski definition) is 5. The smallest absolute Gasteiger partial charge is 0.324 e. The van der Waals surface area contributed by atoms with Crippen LogP contribution in [0.5, 0.6) is 0 Å². The van der Waals surface area contributed by atoms with Crippen molar-refractivity contribution in [3.05, 3.63) is 0 Å². The molecule has 3 fully saturated rings. The van der Waals surface area contributed by atoms with Crippen molar-refractivity contribution in [1.29, 1.82) is 0 Å². The number of carbonyl (C=O) groups is 1. The van der Waals surface area contributed by atoms with E-state index in [1.165, 1.54) is 45.2 Å². The summed E-state index contributed by atoms with van der Waals surface area (Å²) in [5.41, 5.74) is 0. The number of nitrogens with one attached hydrogen (secondary N) is 1. The van der Waals surface area contributed by atoms with Crippen LogP contribution in [0.15, 0.2) is 0 Å². The molecule has 5 heteroatoms. The number of carbonyl (C=O) groups excluding carboxylic acids is 1. The lowest BCUT2D eigenvalue weighted by atomic mass is 10.2. The van der Waals surface area contributed by atoms with E-state index in [0.717, 1.165) is 19.6 Å². The van der Waals surface area contributed by atoms with Gasteiger partial charge in [0.1, 0.15) is 6.04 Å². The highest BCUT2D eigenvalue weighted by Crippen LogP contribution is 2.23. The molecular weight excluding hydrogens is 266 g/mol. The molecule has 2 saturated heterocycles. The first-order valence-electron chi connectivity index (χ1n) is 8.65. The molecule has 120 valence electrons. The highest BCUT2D eigenvalue weighted by molar-refractivity contribution is 5.76. The van der Waals surface area contributed by atoms with Crippen LogP contribution < -0.4 is 5.32 Å². The van der Waals surface area contributed by atoms with Crippen LogP contribution in [0, 0.1) is 0 Å². The largest absolute Gasteiger partial charge is 0.465 e. The summed E-state index contributed by atoms with van der Waals surface area (Å²) in [6, 6.07) is 1.09. The first kappa shape index (κ1) is 15.3. The minimum absolute atomic E-state index is 0.0723. The molecule has 1 saturated carbocycles. The van der Waals surface area contributed by atoms with Gasteiger partial charge in [0, 0.05) is 25.2 Å². The van der Waals surface area contributed by atoms with Crippen LogP contribution in [0.3, 0.4) is 0 Å². The van der Waals surface area contributed by atoms with Gasteiger partial charge in [-0.2, -0.15) is 0 Å². The summed E-state index contributed by atoms with van der Waals surface area (Å²) in [7, 11) is 0. The SMILES string of the molecule is CCOC(=O)C(CN1CCCN2CCCC2C1)NC1CC1. The molecule has 0 bridgehead atoms. The van der Waals surface area contributed by atoms with Gasteiger partial charge in [0.15, 0.2) is 0 Å². The van der Waals surface area contributed by atoms with E-state index in [1.54, 1.807) is 0 Å². The average Bonchev–Trinajstić information content (AvgIpc) is 3.22.